The Hall–Kier alpha value is -1.39. The van der Waals surface area contributed by atoms with Gasteiger partial charge in [-0.3, -0.25) is 9.59 Å². The smallest absolute Gasteiger partial charge is 0.303 e. The molecule has 0 unspecified atom stereocenters. The van der Waals surface area contributed by atoms with E-state index in [1.807, 2.05) is 0 Å². The van der Waals surface area contributed by atoms with Crippen molar-refractivity contribution in [3.8, 4) is 0 Å². The Morgan fingerprint density at radius 1 is 0.586 bits per heavy atom. The summed E-state index contributed by atoms with van der Waals surface area (Å²) in [6, 6.07) is 0. The molecule has 0 bridgehead atoms. The molecule has 5 heteroatoms. The fourth-order valence-electron chi connectivity index (χ4n) is 3.54. The molecule has 29 heavy (non-hydrogen) atoms. The van der Waals surface area contributed by atoms with Gasteiger partial charge in [0.05, 0.1) is 0 Å². The topological polar surface area (TPSA) is 83.5 Å². The highest BCUT2D eigenvalue weighted by molar-refractivity contribution is 5.75. The van der Waals surface area contributed by atoms with E-state index < -0.39 is 5.97 Å². The second-order valence-electron chi connectivity index (χ2n) is 8.21. The van der Waals surface area contributed by atoms with Gasteiger partial charge in [0.1, 0.15) is 6.29 Å². The van der Waals surface area contributed by atoms with Gasteiger partial charge >= 0.3 is 5.97 Å². The van der Waals surface area contributed by atoms with Gasteiger partial charge in [0.25, 0.3) is 0 Å². The SMILES string of the molecule is O=CCCCNC(=O)CCCCCCCCCCCCCCCCCCC(=O)O. The molecular formula is C24H45NO4. The minimum atomic E-state index is -0.673. The van der Waals surface area contributed by atoms with Crippen LogP contribution in [-0.2, 0) is 14.4 Å². The van der Waals surface area contributed by atoms with Crippen molar-refractivity contribution in [2.45, 2.75) is 128 Å². The quantitative estimate of drug-likeness (QED) is 0.155. The predicted molar refractivity (Wildman–Crippen MR) is 119 cm³/mol. The summed E-state index contributed by atoms with van der Waals surface area (Å²) in [7, 11) is 0. The van der Waals surface area contributed by atoms with Crippen LogP contribution in [-0.4, -0.2) is 29.8 Å². The Morgan fingerprint density at radius 2 is 0.966 bits per heavy atom. The maximum atomic E-state index is 11.6. The fourth-order valence-corrected chi connectivity index (χ4v) is 3.54. The summed E-state index contributed by atoms with van der Waals surface area (Å²) >= 11 is 0. The number of unbranched alkanes of at least 4 members (excludes halogenated alkanes) is 16. The van der Waals surface area contributed by atoms with E-state index >= 15 is 0 Å². The third kappa shape index (κ3) is 24.6. The summed E-state index contributed by atoms with van der Waals surface area (Å²) in [5.74, 6) is -0.553. The third-order valence-electron chi connectivity index (χ3n) is 5.37. The third-order valence-corrected chi connectivity index (χ3v) is 5.37. The molecule has 0 saturated carbocycles. The largest absolute Gasteiger partial charge is 0.481 e. The molecule has 0 atom stereocenters. The molecule has 0 fully saturated rings. The molecule has 0 spiro atoms. The van der Waals surface area contributed by atoms with Gasteiger partial charge in [0, 0.05) is 25.8 Å². The Labute approximate surface area is 178 Å². The minimum Gasteiger partial charge on any atom is -0.481 e. The van der Waals surface area contributed by atoms with Crippen LogP contribution < -0.4 is 5.32 Å². The lowest BCUT2D eigenvalue weighted by Crippen LogP contribution is -2.24. The highest BCUT2D eigenvalue weighted by atomic mass is 16.4. The molecule has 0 aromatic rings. The zero-order valence-corrected chi connectivity index (χ0v) is 18.6. The molecule has 0 aromatic heterocycles. The van der Waals surface area contributed by atoms with Gasteiger partial charge in [-0.25, -0.2) is 0 Å². The fraction of sp³-hybridized carbons (Fsp3) is 0.875. The lowest BCUT2D eigenvalue weighted by atomic mass is 10.0. The van der Waals surface area contributed by atoms with Crippen LogP contribution >= 0.6 is 0 Å². The Bertz CT molecular complexity index is 398. The minimum absolute atomic E-state index is 0.120. The second kappa shape index (κ2) is 22.9. The van der Waals surface area contributed by atoms with Crippen LogP contribution in [0.5, 0.6) is 0 Å². The van der Waals surface area contributed by atoms with Gasteiger partial charge in [-0.15, -0.1) is 0 Å². The molecule has 2 N–H and O–H groups in total. The van der Waals surface area contributed by atoms with Crippen LogP contribution in [0.25, 0.3) is 0 Å². The van der Waals surface area contributed by atoms with Crippen LogP contribution in [0.2, 0.25) is 0 Å². The first-order valence-corrected chi connectivity index (χ1v) is 12.1. The average Bonchev–Trinajstić information content (AvgIpc) is 2.70. The molecule has 0 aliphatic rings. The van der Waals surface area contributed by atoms with Crippen molar-refractivity contribution < 1.29 is 19.5 Å². The predicted octanol–water partition coefficient (Wildman–Crippen LogP) is 6.19. The summed E-state index contributed by atoms with van der Waals surface area (Å²) in [6.45, 7) is 0.617. The number of carbonyl (C=O) groups is 3. The first-order valence-electron chi connectivity index (χ1n) is 12.1. The lowest BCUT2D eigenvalue weighted by Gasteiger charge is -2.05. The number of aliphatic carboxylic acids is 1. The highest BCUT2D eigenvalue weighted by Crippen LogP contribution is 2.14. The van der Waals surface area contributed by atoms with E-state index in [0.717, 1.165) is 38.4 Å². The van der Waals surface area contributed by atoms with E-state index in [1.165, 1.54) is 77.0 Å². The summed E-state index contributed by atoms with van der Waals surface area (Å²) in [5, 5.41) is 11.4. The second-order valence-corrected chi connectivity index (χ2v) is 8.21. The molecule has 0 radical (unpaired) electrons. The van der Waals surface area contributed by atoms with E-state index in [4.69, 9.17) is 5.11 Å². The summed E-state index contributed by atoms with van der Waals surface area (Å²) < 4.78 is 0. The number of hydrogen-bond donors (Lipinski definition) is 2. The number of carbonyl (C=O) groups excluding carboxylic acids is 2. The zero-order valence-electron chi connectivity index (χ0n) is 18.6. The van der Waals surface area contributed by atoms with Gasteiger partial charge in [0.15, 0.2) is 0 Å². The van der Waals surface area contributed by atoms with Crippen LogP contribution in [0.3, 0.4) is 0 Å². The summed E-state index contributed by atoms with van der Waals surface area (Å²) in [6.07, 6.45) is 22.7. The maximum absolute atomic E-state index is 11.6. The van der Waals surface area contributed by atoms with Crippen molar-refractivity contribution in [2.75, 3.05) is 6.54 Å². The van der Waals surface area contributed by atoms with Crippen molar-refractivity contribution in [2.24, 2.45) is 0 Å². The number of amides is 1. The average molecular weight is 412 g/mol. The van der Waals surface area contributed by atoms with E-state index in [-0.39, 0.29) is 5.91 Å². The molecule has 0 heterocycles. The Kier molecular flexibility index (Phi) is 21.8. The van der Waals surface area contributed by atoms with Crippen LogP contribution in [0.1, 0.15) is 128 Å². The highest BCUT2D eigenvalue weighted by Gasteiger charge is 2.00. The molecule has 0 aliphatic carbocycles. The molecule has 170 valence electrons. The van der Waals surface area contributed by atoms with Gasteiger partial charge in [-0.2, -0.15) is 0 Å². The molecule has 0 saturated heterocycles. The molecule has 5 nitrogen and oxygen atoms in total. The zero-order chi connectivity index (χ0) is 21.4. The van der Waals surface area contributed by atoms with Crippen LogP contribution in [0, 0.1) is 0 Å². The molecule has 0 aliphatic heterocycles. The number of aldehydes is 1. The van der Waals surface area contributed by atoms with Gasteiger partial charge in [-0.1, -0.05) is 89.9 Å². The van der Waals surface area contributed by atoms with Crippen molar-refractivity contribution in [1.82, 2.24) is 5.32 Å². The number of carboxylic acid groups (broad SMARTS) is 1. The molecule has 1 amide bonds. The maximum Gasteiger partial charge on any atom is 0.303 e. The van der Waals surface area contributed by atoms with E-state index in [0.29, 0.717) is 25.8 Å². The van der Waals surface area contributed by atoms with E-state index in [2.05, 4.69) is 5.32 Å². The summed E-state index contributed by atoms with van der Waals surface area (Å²) in [5.41, 5.74) is 0. The van der Waals surface area contributed by atoms with Crippen LogP contribution in [0.15, 0.2) is 0 Å². The Morgan fingerprint density at radius 3 is 1.34 bits per heavy atom. The van der Waals surface area contributed by atoms with Crippen molar-refractivity contribution in [1.29, 1.82) is 0 Å². The first-order chi connectivity index (χ1) is 14.2. The first kappa shape index (κ1) is 27.6. The Balaban J connectivity index is 3.10. The molecule has 0 rings (SSSR count). The van der Waals surface area contributed by atoms with Gasteiger partial charge in [0.2, 0.25) is 5.91 Å². The lowest BCUT2D eigenvalue weighted by molar-refractivity contribution is -0.137. The summed E-state index contributed by atoms with van der Waals surface area (Å²) in [4.78, 5) is 32.2. The molecule has 0 aromatic carbocycles. The molecular weight excluding hydrogens is 366 g/mol. The van der Waals surface area contributed by atoms with Gasteiger partial charge < -0.3 is 15.2 Å². The number of hydrogen-bond acceptors (Lipinski definition) is 3. The van der Waals surface area contributed by atoms with E-state index in [1.54, 1.807) is 0 Å². The monoisotopic (exact) mass is 411 g/mol. The van der Waals surface area contributed by atoms with Crippen molar-refractivity contribution in [3.05, 3.63) is 0 Å². The van der Waals surface area contributed by atoms with Crippen molar-refractivity contribution >= 4 is 18.2 Å². The normalized spacial score (nSPS) is 10.8. The van der Waals surface area contributed by atoms with Crippen LogP contribution in [0.4, 0.5) is 0 Å². The van der Waals surface area contributed by atoms with Crippen molar-refractivity contribution in [3.63, 3.8) is 0 Å². The number of rotatable bonds is 23. The van der Waals surface area contributed by atoms with E-state index in [9.17, 15) is 14.4 Å². The number of nitrogens with one attached hydrogen (secondary N) is 1. The standard InChI is InChI=1S/C24H45NO4/c26-22-18-17-21-25-23(27)19-15-13-11-9-7-5-3-1-2-4-6-8-10-12-14-16-20-24(28)29/h22H,1-21H2,(H,25,27)(H,28,29). The van der Waals surface area contributed by atoms with Gasteiger partial charge in [-0.05, 0) is 19.3 Å². The number of carboxylic acids is 1.